The Morgan fingerprint density at radius 3 is 2.50 bits per heavy atom. The number of hydrogen-bond donors (Lipinski definition) is 2. The highest BCUT2D eigenvalue weighted by Gasteiger charge is 2.27. The van der Waals surface area contributed by atoms with Crippen molar-refractivity contribution in [1.82, 2.24) is 10.2 Å². The Morgan fingerprint density at radius 1 is 1.27 bits per heavy atom. The number of hydrogen-bond acceptors (Lipinski definition) is 3. The number of carbonyl (C=O) groups excluding carboxylic acids is 2. The smallest absolute Gasteiger partial charge is 0.253 e. The van der Waals surface area contributed by atoms with Gasteiger partial charge in [0, 0.05) is 37.7 Å². The van der Waals surface area contributed by atoms with Crippen LogP contribution in [0.15, 0.2) is 30.3 Å². The van der Waals surface area contributed by atoms with E-state index in [1.807, 2.05) is 42.2 Å². The number of aliphatic hydroxyl groups excluding tert-OH is 1. The van der Waals surface area contributed by atoms with Crippen molar-refractivity contribution in [1.29, 1.82) is 0 Å². The van der Waals surface area contributed by atoms with Crippen LogP contribution < -0.4 is 5.32 Å². The maximum Gasteiger partial charge on any atom is 0.253 e. The highest BCUT2D eigenvalue weighted by atomic mass is 16.3. The summed E-state index contributed by atoms with van der Waals surface area (Å²) < 4.78 is 0. The normalized spacial score (nSPS) is 17.1. The Kier molecular flexibility index (Phi) is 5.95. The Hall–Kier alpha value is -1.88. The number of benzene rings is 1. The van der Waals surface area contributed by atoms with Gasteiger partial charge in [-0.1, -0.05) is 25.1 Å². The molecule has 1 heterocycles. The summed E-state index contributed by atoms with van der Waals surface area (Å²) >= 11 is 0. The zero-order valence-electron chi connectivity index (χ0n) is 13.0. The second kappa shape index (κ2) is 7.94. The summed E-state index contributed by atoms with van der Waals surface area (Å²) in [6, 6.07) is 9.24. The highest BCUT2D eigenvalue weighted by Crippen LogP contribution is 2.19. The van der Waals surface area contributed by atoms with Crippen molar-refractivity contribution in [3.63, 3.8) is 0 Å². The largest absolute Gasteiger partial charge is 0.396 e. The zero-order chi connectivity index (χ0) is 15.9. The highest BCUT2D eigenvalue weighted by molar-refractivity contribution is 5.94. The predicted molar refractivity (Wildman–Crippen MR) is 84.3 cm³/mol. The van der Waals surface area contributed by atoms with E-state index in [0.717, 1.165) is 0 Å². The molecule has 5 heteroatoms. The van der Waals surface area contributed by atoms with E-state index >= 15 is 0 Å². The van der Waals surface area contributed by atoms with Crippen molar-refractivity contribution in [3.05, 3.63) is 35.9 Å². The van der Waals surface area contributed by atoms with Crippen LogP contribution in [0.4, 0.5) is 0 Å². The molecule has 1 aliphatic rings. The van der Waals surface area contributed by atoms with Gasteiger partial charge in [0.1, 0.15) is 0 Å². The molecule has 1 aromatic carbocycles. The lowest BCUT2D eigenvalue weighted by Gasteiger charge is -2.31. The van der Waals surface area contributed by atoms with Crippen molar-refractivity contribution in [3.8, 4) is 0 Å². The monoisotopic (exact) mass is 304 g/mol. The number of rotatable bonds is 5. The fourth-order valence-electron chi connectivity index (χ4n) is 2.59. The van der Waals surface area contributed by atoms with Gasteiger partial charge in [-0.25, -0.2) is 0 Å². The number of amides is 2. The van der Waals surface area contributed by atoms with Gasteiger partial charge in [-0.2, -0.15) is 0 Å². The second-order valence-electron chi connectivity index (χ2n) is 5.97. The van der Waals surface area contributed by atoms with Gasteiger partial charge in [0.25, 0.3) is 5.91 Å². The van der Waals surface area contributed by atoms with Crippen LogP contribution in [0, 0.1) is 11.8 Å². The molecule has 0 bridgehead atoms. The molecule has 0 saturated carbocycles. The summed E-state index contributed by atoms with van der Waals surface area (Å²) in [4.78, 5) is 26.2. The summed E-state index contributed by atoms with van der Waals surface area (Å²) in [6.45, 7) is 3.69. The summed E-state index contributed by atoms with van der Waals surface area (Å²) in [7, 11) is 0. The van der Waals surface area contributed by atoms with E-state index in [-0.39, 0.29) is 30.3 Å². The van der Waals surface area contributed by atoms with E-state index < -0.39 is 0 Å². The quantitative estimate of drug-likeness (QED) is 0.861. The average Bonchev–Trinajstić information content (AvgIpc) is 2.59. The molecule has 0 aliphatic carbocycles. The van der Waals surface area contributed by atoms with Crippen molar-refractivity contribution >= 4 is 11.8 Å². The molecule has 22 heavy (non-hydrogen) atoms. The fraction of sp³-hybridized carbons (Fsp3) is 0.529. The number of piperidine rings is 1. The number of carbonyl (C=O) groups is 2. The molecule has 1 unspecified atom stereocenters. The van der Waals surface area contributed by atoms with Gasteiger partial charge in [0.15, 0.2) is 0 Å². The van der Waals surface area contributed by atoms with Gasteiger partial charge in [-0.05, 0) is 30.9 Å². The first kappa shape index (κ1) is 16.5. The third-order valence-electron chi connectivity index (χ3n) is 4.11. The summed E-state index contributed by atoms with van der Waals surface area (Å²) in [6.07, 6.45) is 1.38. The van der Waals surface area contributed by atoms with Crippen LogP contribution in [-0.2, 0) is 4.79 Å². The molecular weight excluding hydrogens is 280 g/mol. The second-order valence-corrected chi connectivity index (χ2v) is 5.97. The van der Waals surface area contributed by atoms with Gasteiger partial charge in [0.05, 0.1) is 0 Å². The van der Waals surface area contributed by atoms with Gasteiger partial charge in [0.2, 0.25) is 5.91 Å². The van der Waals surface area contributed by atoms with Crippen molar-refractivity contribution < 1.29 is 14.7 Å². The van der Waals surface area contributed by atoms with Crippen LogP contribution in [0.1, 0.15) is 30.1 Å². The molecule has 120 valence electrons. The van der Waals surface area contributed by atoms with Gasteiger partial charge in [-0.3, -0.25) is 9.59 Å². The molecule has 1 aromatic rings. The first-order valence-electron chi connectivity index (χ1n) is 7.84. The lowest BCUT2D eigenvalue weighted by molar-refractivity contribution is -0.126. The third-order valence-corrected chi connectivity index (χ3v) is 4.11. The Bertz CT molecular complexity index is 496. The molecule has 1 saturated heterocycles. The van der Waals surface area contributed by atoms with Gasteiger partial charge in [-0.15, -0.1) is 0 Å². The van der Waals surface area contributed by atoms with Crippen LogP contribution in [0.25, 0.3) is 0 Å². The minimum absolute atomic E-state index is 0.0344. The van der Waals surface area contributed by atoms with Crippen LogP contribution in [-0.4, -0.2) is 48.1 Å². The molecule has 1 atom stereocenters. The summed E-state index contributed by atoms with van der Waals surface area (Å²) in [5.74, 6) is 0.106. The number of nitrogens with zero attached hydrogens (tertiary/aromatic N) is 1. The van der Waals surface area contributed by atoms with E-state index in [1.54, 1.807) is 0 Å². The third kappa shape index (κ3) is 4.31. The van der Waals surface area contributed by atoms with Gasteiger partial charge < -0.3 is 15.3 Å². The number of aliphatic hydroxyl groups is 1. The van der Waals surface area contributed by atoms with E-state index in [4.69, 9.17) is 5.11 Å². The summed E-state index contributed by atoms with van der Waals surface area (Å²) in [5, 5.41) is 11.8. The number of likely N-dealkylation sites (tertiary alicyclic amines) is 1. The first-order valence-corrected chi connectivity index (χ1v) is 7.84. The SMILES string of the molecule is CC(CO)CNC(=O)C1CCN(C(=O)c2ccccc2)CC1. The van der Waals surface area contributed by atoms with Crippen LogP contribution >= 0.6 is 0 Å². The van der Waals surface area contributed by atoms with E-state index in [9.17, 15) is 9.59 Å². The van der Waals surface area contributed by atoms with Gasteiger partial charge >= 0.3 is 0 Å². The topological polar surface area (TPSA) is 69.6 Å². The van der Waals surface area contributed by atoms with E-state index in [2.05, 4.69) is 5.32 Å². The Morgan fingerprint density at radius 2 is 1.91 bits per heavy atom. The minimum Gasteiger partial charge on any atom is -0.396 e. The molecule has 5 nitrogen and oxygen atoms in total. The maximum absolute atomic E-state index is 12.3. The Labute approximate surface area is 131 Å². The fourth-order valence-corrected chi connectivity index (χ4v) is 2.59. The standard InChI is InChI=1S/C17H24N2O3/c1-13(12-20)11-18-16(21)14-7-9-19(10-8-14)17(22)15-5-3-2-4-6-15/h2-6,13-14,20H,7-12H2,1H3,(H,18,21). The van der Waals surface area contributed by atoms with E-state index in [1.165, 1.54) is 0 Å². The molecule has 0 aromatic heterocycles. The molecule has 0 spiro atoms. The van der Waals surface area contributed by atoms with E-state index in [0.29, 0.717) is 38.0 Å². The Balaban J connectivity index is 1.80. The lowest BCUT2D eigenvalue weighted by atomic mass is 9.95. The van der Waals surface area contributed by atoms with Crippen molar-refractivity contribution in [2.24, 2.45) is 11.8 Å². The number of nitrogens with one attached hydrogen (secondary N) is 1. The first-order chi connectivity index (χ1) is 10.6. The van der Waals surface area contributed by atoms with Crippen LogP contribution in [0.2, 0.25) is 0 Å². The zero-order valence-corrected chi connectivity index (χ0v) is 13.0. The van der Waals surface area contributed by atoms with Crippen LogP contribution in [0.5, 0.6) is 0 Å². The maximum atomic E-state index is 12.3. The molecule has 0 radical (unpaired) electrons. The minimum atomic E-state index is -0.0364. The molecule has 2 rings (SSSR count). The average molecular weight is 304 g/mol. The predicted octanol–water partition coefficient (Wildman–Crippen LogP) is 1.28. The van der Waals surface area contributed by atoms with Crippen LogP contribution in [0.3, 0.4) is 0 Å². The van der Waals surface area contributed by atoms with Crippen molar-refractivity contribution in [2.75, 3.05) is 26.2 Å². The summed E-state index contributed by atoms with van der Waals surface area (Å²) in [5.41, 5.74) is 0.696. The molecule has 1 aliphatic heterocycles. The van der Waals surface area contributed by atoms with Crippen molar-refractivity contribution in [2.45, 2.75) is 19.8 Å². The molecule has 1 fully saturated rings. The molecule has 2 N–H and O–H groups in total. The lowest BCUT2D eigenvalue weighted by Crippen LogP contribution is -2.43. The molecular formula is C17H24N2O3. The molecule has 2 amide bonds.